The van der Waals surface area contributed by atoms with Crippen LogP contribution in [-0.4, -0.2) is 26.8 Å². The summed E-state index contributed by atoms with van der Waals surface area (Å²) in [7, 11) is 2.88. The zero-order valence-electron chi connectivity index (χ0n) is 11.9. The van der Waals surface area contributed by atoms with Gasteiger partial charge >= 0.3 is 5.97 Å². The molecule has 6 heteroatoms. The second kappa shape index (κ2) is 8.14. The number of hydrogen-bond acceptors (Lipinski definition) is 6. The van der Waals surface area contributed by atoms with Gasteiger partial charge < -0.3 is 14.2 Å². The molecule has 0 fully saturated rings. The van der Waals surface area contributed by atoms with E-state index in [2.05, 4.69) is 9.91 Å². The van der Waals surface area contributed by atoms with E-state index in [1.807, 2.05) is 0 Å². The van der Waals surface area contributed by atoms with Crippen LogP contribution in [0.5, 0.6) is 11.5 Å². The summed E-state index contributed by atoms with van der Waals surface area (Å²) in [6, 6.07) is 4.79. The standard InChI is InChI=1S/C14H19NO5/c1-10(15-17)11-6-7-12(13(9-11)18-2)20-8-4-5-14(16)19-3/h6-7,9-10H,4-5,8H2,1-3H3. The molecule has 1 aromatic rings. The van der Waals surface area contributed by atoms with Gasteiger partial charge in [-0.3, -0.25) is 4.79 Å². The van der Waals surface area contributed by atoms with Crippen LogP contribution >= 0.6 is 0 Å². The molecule has 0 heterocycles. The molecule has 1 atom stereocenters. The Hall–Kier alpha value is -2.11. The summed E-state index contributed by atoms with van der Waals surface area (Å²) < 4.78 is 15.3. The van der Waals surface area contributed by atoms with E-state index in [0.29, 0.717) is 30.9 Å². The molecule has 0 saturated carbocycles. The molecule has 0 saturated heterocycles. The first-order valence-corrected chi connectivity index (χ1v) is 6.32. The molecule has 0 aromatic heterocycles. The van der Waals surface area contributed by atoms with Crippen molar-refractivity contribution in [3.05, 3.63) is 28.7 Å². The molecule has 1 rings (SSSR count). The Kier molecular flexibility index (Phi) is 6.49. The number of benzene rings is 1. The van der Waals surface area contributed by atoms with Crippen molar-refractivity contribution in [2.45, 2.75) is 25.8 Å². The van der Waals surface area contributed by atoms with Gasteiger partial charge in [0, 0.05) is 6.42 Å². The van der Waals surface area contributed by atoms with Crippen molar-refractivity contribution in [1.29, 1.82) is 0 Å². The molecule has 0 radical (unpaired) electrons. The van der Waals surface area contributed by atoms with Gasteiger partial charge in [0.2, 0.25) is 0 Å². The minimum atomic E-state index is -0.433. The largest absolute Gasteiger partial charge is 0.493 e. The Balaban J connectivity index is 2.61. The summed E-state index contributed by atoms with van der Waals surface area (Å²) in [6.45, 7) is 2.09. The van der Waals surface area contributed by atoms with Crippen molar-refractivity contribution in [2.24, 2.45) is 5.18 Å². The number of carbonyl (C=O) groups is 1. The summed E-state index contributed by atoms with van der Waals surface area (Å²) in [5.74, 6) is 0.845. The van der Waals surface area contributed by atoms with Crippen LogP contribution in [0.3, 0.4) is 0 Å². The molecule has 0 N–H and O–H groups in total. The van der Waals surface area contributed by atoms with Crippen molar-refractivity contribution in [2.75, 3.05) is 20.8 Å². The van der Waals surface area contributed by atoms with E-state index in [4.69, 9.17) is 9.47 Å². The molecule has 0 aliphatic rings. The van der Waals surface area contributed by atoms with Gasteiger partial charge in [-0.1, -0.05) is 11.2 Å². The molecule has 6 nitrogen and oxygen atoms in total. The van der Waals surface area contributed by atoms with E-state index >= 15 is 0 Å². The molecular formula is C14H19NO5. The third kappa shape index (κ3) is 4.53. The lowest BCUT2D eigenvalue weighted by atomic mass is 10.1. The average Bonchev–Trinajstić information content (AvgIpc) is 2.50. The van der Waals surface area contributed by atoms with Crippen LogP contribution in [-0.2, 0) is 9.53 Å². The molecular weight excluding hydrogens is 262 g/mol. The van der Waals surface area contributed by atoms with E-state index in [1.54, 1.807) is 25.1 Å². The predicted molar refractivity (Wildman–Crippen MR) is 73.9 cm³/mol. The summed E-state index contributed by atoms with van der Waals surface area (Å²) in [5.41, 5.74) is 0.763. The predicted octanol–water partition coefficient (Wildman–Crippen LogP) is 2.85. The lowest BCUT2D eigenvalue weighted by Crippen LogP contribution is -2.05. The lowest BCUT2D eigenvalue weighted by Gasteiger charge is -2.12. The zero-order valence-corrected chi connectivity index (χ0v) is 11.9. The Labute approximate surface area is 118 Å². The summed E-state index contributed by atoms with van der Waals surface area (Å²) in [5, 5.41) is 2.97. The number of hydrogen-bond donors (Lipinski definition) is 0. The number of nitroso groups, excluding NO2 is 1. The summed E-state index contributed by atoms with van der Waals surface area (Å²) >= 11 is 0. The first kappa shape index (κ1) is 15.9. The van der Waals surface area contributed by atoms with E-state index in [1.165, 1.54) is 14.2 Å². The summed E-state index contributed by atoms with van der Waals surface area (Å²) in [4.78, 5) is 21.5. The van der Waals surface area contributed by atoms with E-state index in [9.17, 15) is 9.70 Å². The fraction of sp³-hybridized carbons (Fsp3) is 0.500. The van der Waals surface area contributed by atoms with Gasteiger partial charge in [0.15, 0.2) is 11.5 Å². The topological polar surface area (TPSA) is 74.2 Å². The smallest absolute Gasteiger partial charge is 0.305 e. The minimum Gasteiger partial charge on any atom is -0.493 e. The maximum absolute atomic E-state index is 11.0. The number of esters is 1. The molecule has 0 bridgehead atoms. The van der Waals surface area contributed by atoms with Crippen molar-refractivity contribution in [3.63, 3.8) is 0 Å². The van der Waals surface area contributed by atoms with Gasteiger partial charge in [0.05, 0.1) is 20.8 Å². The SMILES string of the molecule is COC(=O)CCCOc1ccc(C(C)N=O)cc1OC. The molecule has 0 amide bonds. The van der Waals surface area contributed by atoms with Crippen molar-refractivity contribution in [1.82, 2.24) is 0 Å². The third-order valence-electron chi connectivity index (χ3n) is 2.84. The van der Waals surface area contributed by atoms with E-state index in [0.717, 1.165) is 5.56 Å². The maximum atomic E-state index is 11.0. The Morgan fingerprint density at radius 1 is 1.30 bits per heavy atom. The zero-order chi connectivity index (χ0) is 15.0. The van der Waals surface area contributed by atoms with Crippen LogP contribution in [0.15, 0.2) is 23.4 Å². The lowest BCUT2D eigenvalue weighted by molar-refractivity contribution is -0.140. The number of nitrogens with zero attached hydrogens (tertiary/aromatic N) is 1. The van der Waals surface area contributed by atoms with Gasteiger partial charge in [0.1, 0.15) is 6.04 Å². The number of methoxy groups -OCH3 is 2. The van der Waals surface area contributed by atoms with Crippen molar-refractivity contribution in [3.8, 4) is 11.5 Å². The Morgan fingerprint density at radius 2 is 2.05 bits per heavy atom. The monoisotopic (exact) mass is 281 g/mol. The quantitative estimate of drug-likeness (QED) is 0.416. The van der Waals surface area contributed by atoms with Crippen molar-refractivity contribution >= 4 is 5.97 Å². The van der Waals surface area contributed by atoms with Gasteiger partial charge in [-0.25, -0.2) is 0 Å². The minimum absolute atomic E-state index is 0.262. The first-order valence-electron chi connectivity index (χ1n) is 6.32. The summed E-state index contributed by atoms with van der Waals surface area (Å²) in [6.07, 6.45) is 0.868. The fourth-order valence-corrected chi connectivity index (χ4v) is 1.62. The van der Waals surface area contributed by atoms with Gasteiger partial charge in [-0.05, 0) is 31.0 Å². The van der Waals surface area contributed by atoms with Crippen LogP contribution in [0.2, 0.25) is 0 Å². The van der Waals surface area contributed by atoms with Crippen LogP contribution < -0.4 is 9.47 Å². The Bertz CT molecular complexity index is 461. The molecule has 0 aliphatic carbocycles. The van der Waals surface area contributed by atoms with E-state index < -0.39 is 6.04 Å². The third-order valence-corrected chi connectivity index (χ3v) is 2.84. The average molecular weight is 281 g/mol. The van der Waals surface area contributed by atoms with Gasteiger partial charge in [-0.2, -0.15) is 4.91 Å². The van der Waals surface area contributed by atoms with Crippen LogP contribution in [0.25, 0.3) is 0 Å². The number of ether oxygens (including phenoxy) is 3. The van der Waals surface area contributed by atoms with Gasteiger partial charge in [0.25, 0.3) is 0 Å². The molecule has 1 aromatic carbocycles. The highest BCUT2D eigenvalue weighted by atomic mass is 16.5. The number of rotatable bonds is 8. The maximum Gasteiger partial charge on any atom is 0.305 e. The van der Waals surface area contributed by atoms with Crippen LogP contribution in [0.4, 0.5) is 0 Å². The van der Waals surface area contributed by atoms with Crippen molar-refractivity contribution < 1.29 is 19.0 Å². The van der Waals surface area contributed by atoms with Gasteiger partial charge in [-0.15, -0.1) is 0 Å². The van der Waals surface area contributed by atoms with Crippen LogP contribution in [0.1, 0.15) is 31.4 Å². The molecule has 0 aliphatic heterocycles. The number of carbonyl (C=O) groups excluding carboxylic acids is 1. The normalized spacial score (nSPS) is 11.6. The highest BCUT2D eigenvalue weighted by molar-refractivity contribution is 5.69. The molecule has 0 spiro atoms. The second-order valence-corrected chi connectivity index (χ2v) is 4.22. The highest BCUT2D eigenvalue weighted by Gasteiger charge is 2.11. The molecule has 110 valence electrons. The Morgan fingerprint density at radius 3 is 2.65 bits per heavy atom. The van der Waals surface area contributed by atoms with Crippen LogP contribution in [0, 0.1) is 4.91 Å². The molecule has 20 heavy (non-hydrogen) atoms. The van der Waals surface area contributed by atoms with E-state index in [-0.39, 0.29) is 5.97 Å². The second-order valence-electron chi connectivity index (χ2n) is 4.22. The fourth-order valence-electron chi connectivity index (χ4n) is 1.62. The molecule has 1 unspecified atom stereocenters. The first-order chi connectivity index (χ1) is 9.62. The highest BCUT2D eigenvalue weighted by Crippen LogP contribution is 2.31.